The summed E-state index contributed by atoms with van der Waals surface area (Å²) in [6.45, 7) is 7.25. The molecule has 0 spiro atoms. The molecular weight excluding hydrogens is 374 g/mol. The summed E-state index contributed by atoms with van der Waals surface area (Å²) >= 11 is 0. The van der Waals surface area contributed by atoms with E-state index in [1.54, 1.807) is 25.1 Å². The van der Waals surface area contributed by atoms with Gasteiger partial charge in [-0.3, -0.25) is 4.79 Å². The van der Waals surface area contributed by atoms with Crippen LogP contribution in [-0.4, -0.2) is 31.2 Å². The van der Waals surface area contributed by atoms with E-state index < -0.39 is 0 Å². The maximum atomic E-state index is 14.6. The van der Waals surface area contributed by atoms with E-state index in [9.17, 15) is 13.6 Å². The highest BCUT2D eigenvalue weighted by Gasteiger charge is 2.24. The second-order valence-corrected chi connectivity index (χ2v) is 7.50. The van der Waals surface area contributed by atoms with Crippen LogP contribution in [0.4, 0.5) is 14.5 Å². The van der Waals surface area contributed by atoms with Gasteiger partial charge in [-0.1, -0.05) is 18.2 Å². The molecular formula is C23H26F2N2O2. The fraction of sp³-hybridized carbons (Fsp3) is 0.348. The lowest BCUT2D eigenvalue weighted by Crippen LogP contribution is -2.45. The number of morpholine rings is 1. The molecule has 1 saturated heterocycles. The first-order valence-corrected chi connectivity index (χ1v) is 9.72. The van der Waals surface area contributed by atoms with Gasteiger partial charge >= 0.3 is 0 Å². The molecule has 0 saturated carbocycles. The Kier molecular flexibility index (Phi) is 6.64. The molecule has 29 heavy (non-hydrogen) atoms. The van der Waals surface area contributed by atoms with Crippen LogP contribution in [0.3, 0.4) is 0 Å². The van der Waals surface area contributed by atoms with Gasteiger partial charge in [0.1, 0.15) is 11.6 Å². The molecule has 2 unspecified atom stereocenters. The Morgan fingerprint density at radius 1 is 1.14 bits per heavy atom. The molecule has 0 radical (unpaired) electrons. The minimum Gasteiger partial charge on any atom is -0.372 e. The highest BCUT2D eigenvalue weighted by Crippen LogP contribution is 2.24. The molecule has 1 aliphatic rings. The topological polar surface area (TPSA) is 41.6 Å². The number of benzene rings is 2. The van der Waals surface area contributed by atoms with Gasteiger partial charge in [-0.15, -0.1) is 0 Å². The molecule has 6 heteroatoms. The van der Waals surface area contributed by atoms with E-state index in [1.165, 1.54) is 24.3 Å². The van der Waals surface area contributed by atoms with Crippen LogP contribution in [0, 0.1) is 11.6 Å². The molecule has 2 aromatic carbocycles. The predicted octanol–water partition coefficient (Wildman–Crippen LogP) is 4.30. The molecule has 154 valence electrons. The zero-order valence-electron chi connectivity index (χ0n) is 16.9. The number of anilines is 1. The average Bonchev–Trinajstić information content (AvgIpc) is 2.66. The second kappa shape index (κ2) is 9.18. The first-order chi connectivity index (χ1) is 13.8. The van der Waals surface area contributed by atoms with Crippen LogP contribution in [0.2, 0.25) is 0 Å². The number of nitrogens with zero attached hydrogens (tertiary/aromatic N) is 1. The van der Waals surface area contributed by atoms with E-state index in [1.807, 2.05) is 24.8 Å². The maximum Gasteiger partial charge on any atom is 0.244 e. The van der Waals surface area contributed by atoms with Crippen LogP contribution in [0.15, 0.2) is 48.5 Å². The third-order valence-corrected chi connectivity index (χ3v) is 4.89. The number of nitrogens with one attached hydrogen (secondary N) is 1. The summed E-state index contributed by atoms with van der Waals surface area (Å²) in [4.78, 5) is 14.2. The number of halogens is 2. The zero-order valence-corrected chi connectivity index (χ0v) is 16.9. The molecule has 4 nitrogen and oxygen atoms in total. The molecule has 2 atom stereocenters. The van der Waals surface area contributed by atoms with Crippen molar-refractivity contribution in [1.29, 1.82) is 0 Å². The van der Waals surface area contributed by atoms with E-state index in [-0.39, 0.29) is 36.3 Å². The molecule has 1 aliphatic heterocycles. The molecule has 1 heterocycles. The Bertz CT molecular complexity index is 886. The molecule has 1 N–H and O–H groups in total. The standard InChI is InChI=1S/C23H26F2N2O2/c1-15(19-5-7-20(24)8-6-19)10-23(28)26-12-18-4-9-22(21(25)11-18)27-13-16(2)29-17(3)14-27/h4-11,16-17H,12-14H2,1-3H3,(H,26,28)/b15-10-. The maximum absolute atomic E-state index is 14.6. The van der Waals surface area contributed by atoms with Gasteiger partial charge in [0.2, 0.25) is 5.91 Å². The van der Waals surface area contributed by atoms with Crippen molar-refractivity contribution in [2.75, 3.05) is 18.0 Å². The summed E-state index contributed by atoms with van der Waals surface area (Å²) < 4.78 is 33.3. The summed E-state index contributed by atoms with van der Waals surface area (Å²) in [6, 6.07) is 11.0. The van der Waals surface area contributed by atoms with E-state index in [2.05, 4.69) is 5.32 Å². The minimum atomic E-state index is -0.322. The third-order valence-electron chi connectivity index (χ3n) is 4.89. The van der Waals surface area contributed by atoms with Gasteiger partial charge < -0.3 is 15.0 Å². The fourth-order valence-electron chi connectivity index (χ4n) is 3.52. The lowest BCUT2D eigenvalue weighted by molar-refractivity contribution is -0.116. The Hall–Kier alpha value is -2.73. The summed E-state index contributed by atoms with van der Waals surface area (Å²) in [5.41, 5.74) is 2.72. The number of hydrogen-bond acceptors (Lipinski definition) is 3. The average molecular weight is 400 g/mol. The molecule has 1 fully saturated rings. The van der Waals surface area contributed by atoms with Crippen molar-refractivity contribution in [3.63, 3.8) is 0 Å². The number of rotatable bonds is 5. The summed E-state index contributed by atoms with van der Waals surface area (Å²) in [7, 11) is 0. The smallest absolute Gasteiger partial charge is 0.244 e. The number of carbonyl (C=O) groups is 1. The summed E-state index contributed by atoms with van der Waals surface area (Å²) in [5, 5.41) is 2.76. The van der Waals surface area contributed by atoms with Gasteiger partial charge in [0.25, 0.3) is 0 Å². The van der Waals surface area contributed by atoms with Gasteiger partial charge in [-0.2, -0.15) is 0 Å². The van der Waals surface area contributed by atoms with Crippen molar-refractivity contribution in [2.45, 2.75) is 39.5 Å². The van der Waals surface area contributed by atoms with Crippen molar-refractivity contribution >= 4 is 17.2 Å². The molecule has 1 amide bonds. The lowest BCUT2D eigenvalue weighted by Gasteiger charge is -2.37. The summed E-state index contributed by atoms with van der Waals surface area (Å²) in [6.07, 6.45) is 1.55. The van der Waals surface area contributed by atoms with Crippen LogP contribution < -0.4 is 10.2 Å². The first-order valence-electron chi connectivity index (χ1n) is 9.72. The number of ether oxygens (including phenoxy) is 1. The first kappa shape index (κ1) is 21.0. The zero-order chi connectivity index (χ0) is 21.0. The number of hydrogen-bond donors (Lipinski definition) is 1. The molecule has 3 rings (SSSR count). The SMILES string of the molecule is C/C(=C/C(=O)NCc1ccc(N2CC(C)OC(C)C2)c(F)c1)c1ccc(F)cc1. The molecule has 0 aromatic heterocycles. The van der Waals surface area contributed by atoms with Gasteiger partial charge in [-0.05, 0) is 61.7 Å². The van der Waals surface area contributed by atoms with Crippen molar-refractivity contribution in [1.82, 2.24) is 5.32 Å². The van der Waals surface area contributed by atoms with Crippen molar-refractivity contribution in [3.05, 3.63) is 71.3 Å². The normalized spacial score (nSPS) is 19.9. The summed E-state index contributed by atoms with van der Waals surface area (Å²) in [5.74, 6) is -0.916. The fourth-order valence-corrected chi connectivity index (χ4v) is 3.52. The Labute approximate surface area is 170 Å². The van der Waals surface area contributed by atoms with E-state index in [0.29, 0.717) is 24.3 Å². The molecule has 0 aliphatic carbocycles. The quantitative estimate of drug-likeness (QED) is 0.761. The monoisotopic (exact) mass is 400 g/mol. The van der Waals surface area contributed by atoms with Gasteiger partial charge in [0.05, 0.1) is 17.9 Å². The Balaban J connectivity index is 1.60. The van der Waals surface area contributed by atoms with Crippen molar-refractivity contribution < 1.29 is 18.3 Å². The number of carbonyl (C=O) groups excluding carboxylic acids is 1. The van der Waals surface area contributed by atoms with Crippen LogP contribution in [0.25, 0.3) is 5.57 Å². The third kappa shape index (κ3) is 5.64. The predicted molar refractivity (Wildman–Crippen MR) is 111 cm³/mol. The van der Waals surface area contributed by atoms with E-state index >= 15 is 0 Å². The molecule has 0 bridgehead atoms. The highest BCUT2D eigenvalue weighted by atomic mass is 19.1. The minimum absolute atomic E-state index is 0.0493. The van der Waals surface area contributed by atoms with E-state index in [4.69, 9.17) is 4.74 Å². The highest BCUT2D eigenvalue weighted by molar-refractivity contribution is 5.94. The van der Waals surface area contributed by atoms with E-state index in [0.717, 1.165) is 11.1 Å². The number of allylic oxidation sites excluding steroid dienone is 1. The van der Waals surface area contributed by atoms with Gasteiger partial charge in [0.15, 0.2) is 0 Å². The van der Waals surface area contributed by atoms with Gasteiger partial charge in [-0.25, -0.2) is 8.78 Å². The second-order valence-electron chi connectivity index (χ2n) is 7.50. The van der Waals surface area contributed by atoms with Gasteiger partial charge in [0, 0.05) is 25.7 Å². The van der Waals surface area contributed by atoms with Crippen LogP contribution in [0.1, 0.15) is 31.9 Å². The van der Waals surface area contributed by atoms with Crippen LogP contribution >= 0.6 is 0 Å². The number of amides is 1. The Morgan fingerprint density at radius 3 is 2.41 bits per heavy atom. The Morgan fingerprint density at radius 2 is 1.79 bits per heavy atom. The largest absolute Gasteiger partial charge is 0.372 e. The van der Waals surface area contributed by atoms with Crippen molar-refractivity contribution in [3.8, 4) is 0 Å². The van der Waals surface area contributed by atoms with Crippen LogP contribution in [0.5, 0.6) is 0 Å². The van der Waals surface area contributed by atoms with Crippen LogP contribution in [-0.2, 0) is 16.1 Å². The van der Waals surface area contributed by atoms with Crippen molar-refractivity contribution in [2.24, 2.45) is 0 Å². The lowest BCUT2D eigenvalue weighted by atomic mass is 10.1. The molecule has 2 aromatic rings.